The van der Waals surface area contributed by atoms with Crippen molar-refractivity contribution in [1.82, 2.24) is 4.90 Å². The molecule has 2 heterocycles. The Hall–Kier alpha value is -3.11. The second kappa shape index (κ2) is 10.9. The van der Waals surface area contributed by atoms with Crippen molar-refractivity contribution in [3.8, 4) is 5.75 Å². The number of aromatic nitrogens is 1. The highest BCUT2D eigenvalue weighted by Crippen LogP contribution is 2.26. The van der Waals surface area contributed by atoms with Gasteiger partial charge in [0.15, 0.2) is 0 Å². The lowest BCUT2D eigenvalue weighted by Crippen LogP contribution is -2.54. The van der Waals surface area contributed by atoms with Gasteiger partial charge in [0.1, 0.15) is 23.6 Å². The third-order valence-corrected chi connectivity index (χ3v) is 5.51. The van der Waals surface area contributed by atoms with Gasteiger partial charge in [-0.25, -0.2) is 20.1 Å². The highest BCUT2D eigenvalue weighted by molar-refractivity contribution is 5.91. The molecule has 1 aliphatic heterocycles. The summed E-state index contributed by atoms with van der Waals surface area (Å²) in [7, 11) is 1.98. The fourth-order valence-corrected chi connectivity index (χ4v) is 3.78. The molecule has 3 N–H and O–H groups in total. The molecule has 0 saturated carbocycles. The molecule has 0 unspecified atom stereocenters. The third kappa shape index (κ3) is 7.44. The van der Waals surface area contributed by atoms with Crippen molar-refractivity contribution in [3.05, 3.63) is 30.5 Å². The van der Waals surface area contributed by atoms with E-state index in [1.165, 1.54) is 0 Å². The third-order valence-electron chi connectivity index (χ3n) is 5.51. The van der Waals surface area contributed by atoms with Crippen LogP contribution in [0, 0.1) is 5.92 Å². The molecule has 10 nitrogen and oxygen atoms in total. The molecule has 0 aliphatic carbocycles. The van der Waals surface area contributed by atoms with Gasteiger partial charge >= 0.3 is 12.1 Å². The van der Waals surface area contributed by atoms with Crippen molar-refractivity contribution in [2.75, 3.05) is 31.6 Å². The molecule has 198 valence electrons. The fourth-order valence-electron chi connectivity index (χ4n) is 3.78. The number of nitrogens with two attached hydrogens (primary N) is 1. The van der Waals surface area contributed by atoms with Crippen molar-refractivity contribution in [2.45, 2.75) is 58.8 Å². The Morgan fingerprint density at radius 1 is 1.11 bits per heavy atom. The van der Waals surface area contributed by atoms with Gasteiger partial charge in [0.2, 0.25) is 6.10 Å². The fraction of sp³-hybridized carbons (Fsp3) is 0.577. The summed E-state index contributed by atoms with van der Waals surface area (Å²) >= 11 is 0. The van der Waals surface area contributed by atoms with E-state index in [1.807, 2.05) is 62.8 Å². The molecule has 1 aromatic carbocycles. The molecule has 1 fully saturated rings. The maximum Gasteiger partial charge on any atom is 0.410 e. The predicted octanol–water partition coefficient (Wildman–Crippen LogP) is 2.92. The van der Waals surface area contributed by atoms with Crippen molar-refractivity contribution in [2.24, 2.45) is 18.9 Å². The molecule has 0 radical (unpaired) electrons. The smallest absolute Gasteiger partial charge is 0.410 e. The topological polar surface area (TPSA) is 116 Å². The zero-order valence-electron chi connectivity index (χ0n) is 22.3. The van der Waals surface area contributed by atoms with Crippen LogP contribution in [0.4, 0.5) is 10.6 Å². The lowest BCUT2D eigenvalue weighted by Gasteiger charge is -2.38. The first kappa shape index (κ1) is 27.5. The number of hydrogen-bond acceptors (Lipinski definition) is 8. The Labute approximate surface area is 212 Å². The Balaban J connectivity index is 1.60. The summed E-state index contributed by atoms with van der Waals surface area (Å²) in [6.07, 6.45) is 0.665. The number of hydrogen-bond donors (Lipinski definition) is 2. The van der Waals surface area contributed by atoms with Crippen LogP contribution in [0.1, 0.15) is 41.5 Å². The van der Waals surface area contributed by atoms with Gasteiger partial charge in [0, 0.05) is 19.0 Å². The minimum atomic E-state index is -1.03. The van der Waals surface area contributed by atoms with Crippen molar-refractivity contribution in [1.29, 1.82) is 0 Å². The van der Waals surface area contributed by atoms with Crippen LogP contribution in [-0.2, 0) is 26.2 Å². The van der Waals surface area contributed by atoms with E-state index in [0.717, 1.165) is 23.1 Å². The highest BCUT2D eigenvalue weighted by atomic mass is 16.7. The summed E-state index contributed by atoms with van der Waals surface area (Å²) in [5, 5.41) is 5.52. The Morgan fingerprint density at radius 2 is 1.78 bits per heavy atom. The summed E-state index contributed by atoms with van der Waals surface area (Å²) in [4.78, 5) is 30.9. The number of fused-ring (bicyclic) bond motifs is 1. The molecule has 2 aromatic rings. The standard InChI is InChI=1S/C26H38N4O6/c1-25(2,3)34-23(31)21(36-27)16-33-19-8-9-20-18(12-19)10-11-29(7)22(20)28-13-17-14-30(15-17)24(32)35-26(4,5)6/h8-12,17,21H,13-16,27H2,1-7H3/p+1/t21-/m0/s1. The minimum absolute atomic E-state index is 0.0710. The average Bonchev–Trinajstić information content (AvgIpc) is 2.71. The molecule has 1 saturated heterocycles. The molecule has 1 atom stereocenters. The molecule has 3 rings (SSSR count). The van der Waals surface area contributed by atoms with Gasteiger partial charge in [-0.2, -0.15) is 0 Å². The normalized spacial score (nSPS) is 15.3. The molecule has 1 amide bonds. The number of nitrogens with zero attached hydrogens (tertiary/aromatic N) is 2. The van der Waals surface area contributed by atoms with E-state index in [4.69, 9.17) is 24.9 Å². The van der Waals surface area contributed by atoms with Crippen LogP contribution >= 0.6 is 0 Å². The maximum atomic E-state index is 12.2. The molecule has 1 aromatic heterocycles. The molecule has 10 heteroatoms. The van der Waals surface area contributed by atoms with Crippen LogP contribution in [-0.4, -0.2) is 60.5 Å². The Bertz CT molecular complexity index is 1090. The van der Waals surface area contributed by atoms with Gasteiger partial charge in [-0.15, -0.1) is 0 Å². The summed E-state index contributed by atoms with van der Waals surface area (Å²) in [6.45, 7) is 12.9. The number of pyridine rings is 1. The van der Waals surface area contributed by atoms with Crippen LogP contribution in [0.3, 0.4) is 0 Å². The summed E-state index contributed by atoms with van der Waals surface area (Å²) in [5.74, 6) is 6.60. The van der Waals surface area contributed by atoms with Gasteiger partial charge in [0.05, 0.1) is 25.2 Å². The number of nitrogens with one attached hydrogen (secondary N) is 1. The van der Waals surface area contributed by atoms with E-state index in [9.17, 15) is 9.59 Å². The highest BCUT2D eigenvalue weighted by Gasteiger charge is 2.35. The Kier molecular flexibility index (Phi) is 8.30. The first-order valence-corrected chi connectivity index (χ1v) is 12.1. The second-order valence-electron chi connectivity index (χ2n) is 11.1. The van der Waals surface area contributed by atoms with E-state index in [0.29, 0.717) is 24.8 Å². The van der Waals surface area contributed by atoms with Gasteiger partial charge in [-0.3, -0.25) is 10.2 Å². The summed E-state index contributed by atoms with van der Waals surface area (Å²) in [6, 6.07) is 7.69. The van der Waals surface area contributed by atoms with Crippen molar-refractivity contribution < 1.29 is 33.2 Å². The minimum Gasteiger partial charge on any atom is -0.490 e. The molecular weight excluding hydrogens is 464 g/mol. The van der Waals surface area contributed by atoms with Crippen LogP contribution in [0.15, 0.2) is 30.5 Å². The quantitative estimate of drug-likeness (QED) is 0.321. The van der Waals surface area contributed by atoms with E-state index in [1.54, 1.807) is 25.7 Å². The first-order chi connectivity index (χ1) is 16.8. The number of ether oxygens (including phenoxy) is 3. The summed E-state index contributed by atoms with van der Waals surface area (Å²) in [5.41, 5.74) is -1.14. The van der Waals surface area contributed by atoms with Gasteiger partial charge in [0.25, 0.3) is 5.82 Å². The number of rotatable bonds is 8. The molecular formula is C26H39N4O6+. The van der Waals surface area contributed by atoms with Crippen LogP contribution in [0.5, 0.6) is 5.75 Å². The number of esters is 1. The van der Waals surface area contributed by atoms with E-state index in [-0.39, 0.29) is 12.7 Å². The zero-order valence-corrected chi connectivity index (χ0v) is 22.3. The van der Waals surface area contributed by atoms with E-state index >= 15 is 0 Å². The predicted molar refractivity (Wildman–Crippen MR) is 135 cm³/mol. The molecule has 1 aliphatic rings. The summed E-state index contributed by atoms with van der Waals surface area (Å²) < 4.78 is 18.5. The van der Waals surface area contributed by atoms with Gasteiger partial charge < -0.3 is 19.1 Å². The van der Waals surface area contributed by atoms with E-state index in [2.05, 4.69) is 5.32 Å². The number of benzene rings is 1. The SMILES string of the molecule is C[n+]1ccc2cc(OC[C@H](ON)C(=O)OC(C)(C)C)ccc2c1NCC1CN(C(=O)OC(C)(C)C)C1. The molecule has 0 spiro atoms. The maximum absolute atomic E-state index is 12.2. The van der Waals surface area contributed by atoms with Crippen LogP contribution < -0.4 is 20.5 Å². The molecule has 0 bridgehead atoms. The second-order valence-corrected chi connectivity index (χ2v) is 11.1. The zero-order chi connectivity index (χ0) is 26.7. The number of carbonyl (C=O) groups excluding carboxylic acids is 2. The number of likely N-dealkylation sites (tertiary alicyclic amines) is 1. The van der Waals surface area contributed by atoms with Crippen molar-refractivity contribution in [3.63, 3.8) is 0 Å². The number of carbonyl (C=O) groups is 2. The average molecular weight is 504 g/mol. The number of amides is 1. The monoisotopic (exact) mass is 503 g/mol. The van der Waals surface area contributed by atoms with Gasteiger partial charge in [-0.1, -0.05) is 0 Å². The van der Waals surface area contributed by atoms with Crippen LogP contribution in [0.25, 0.3) is 10.8 Å². The molecule has 36 heavy (non-hydrogen) atoms. The number of anilines is 1. The number of aryl methyl sites for hydroxylation is 1. The first-order valence-electron chi connectivity index (χ1n) is 12.1. The van der Waals surface area contributed by atoms with Crippen LogP contribution in [0.2, 0.25) is 0 Å². The lowest BCUT2D eigenvalue weighted by atomic mass is 10.0. The lowest BCUT2D eigenvalue weighted by molar-refractivity contribution is -0.656. The Morgan fingerprint density at radius 3 is 2.39 bits per heavy atom. The van der Waals surface area contributed by atoms with Crippen molar-refractivity contribution >= 4 is 28.7 Å². The van der Waals surface area contributed by atoms with Gasteiger partial charge in [-0.05, 0) is 71.2 Å². The van der Waals surface area contributed by atoms with E-state index < -0.39 is 23.3 Å². The largest absolute Gasteiger partial charge is 0.490 e.